The Morgan fingerprint density at radius 1 is 1.44 bits per heavy atom. The summed E-state index contributed by atoms with van der Waals surface area (Å²) in [5.41, 5.74) is 0.689. The van der Waals surface area contributed by atoms with Gasteiger partial charge in [0.15, 0.2) is 0 Å². The minimum Gasteiger partial charge on any atom is -0.381 e. The monoisotopic (exact) mass is 254 g/mol. The zero-order valence-electron chi connectivity index (χ0n) is 11.1. The van der Waals surface area contributed by atoms with Crippen molar-refractivity contribution in [1.29, 1.82) is 0 Å². The second-order valence-corrected chi connectivity index (χ2v) is 4.10. The number of hydrogen-bond donors (Lipinski definition) is 2. The Morgan fingerprint density at radius 2 is 2.22 bits per heavy atom. The molecule has 0 bridgehead atoms. The smallest absolute Gasteiger partial charge is 0.319 e. The molecule has 0 aliphatic carbocycles. The Balaban J connectivity index is 2.00. The summed E-state index contributed by atoms with van der Waals surface area (Å²) in [5, 5.41) is 9.43. The van der Waals surface area contributed by atoms with E-state index in [4.69, 9.17) is 4.74 Å². The van der Waals surface area contributed by atoms with Crippen LogP contribution in [0.5, 0.6) is 0 Å². The maximum Gasteiger partial charge on any atom is 0.319 e. The van der Waals surface area contributed by atoms with Crippen LogP contribution in [0.3, 0.4) is 0 Å². The molecular formula is C12H22N4O2. The molecule has 0 fully saturated rings. The number of unbranched alkanes of at least 4 members (excludes halogenated alkanes) is 1. The number of rotatable bonds is 8. The summed E-state index contributed by atoms with van der Waals surface area (Å²) in [6.45, 7) is 4.23. The largest absolute Gasteiger partial charge is 0.381 e. The van der Waals surface area contributed by atoms with Crippen LogP contribution in [0.15, 0.2) is 12.4 Å². The lowest BCUT2D eigenvalue weighted by molar-refractivity contribution is 0.129. The molecular weight excluding hydrogens is 232 g/mol. The molecule has 6 nitrogen and oxygen atoms in total. The van der Waals surface area contributed by atoms with Crippen LogP contribution >= 0.6 is 0 Å². The van der Waals surface area contributed by atoms with Gasteiger partial charge in [0.25, 0.3) is 0 Å². The first-order valence-corrected chi connectivity index (χ1v) is 6.33. The van der Waals surface area contributed by atoms with Gasteiger partial charge in [-0.1, -0.05) is 13.3 Å². The Hall–Kier alpha value is -1.56. The van der Waals surface area contributed by atoms with E-state index in [2.05, 4.69) is 22.7 Å². The number of amides is 2. The fourth-order valence-corrected chi connectivity index (χ4v) is 1.39. The van der Waals surface area contributed by atoms with Gasteiger partial charge in [0.2, 0.25) is 0 Å². The first kappa shape index (κ1) is 14.5. The second kappa shape index (κ2) is 8.52. The highest BCUT2D eigenvalue weighted by Crippen LogP contribution is 2.02. The first-order valence-electron chi connectivity index (χ1n) is 6.33. The van der Waals surface area contributed by atoms with E-state index in [0.717, 1.165) is 25.9 Å². The molecule has 0 aliphatic heterocycles. The lowest BCUT2D eigenvalue weighted by atomic mass is 10.4. The van der Waals surface area contributed by atoms with Crippen LogP contribution in [0.25, 0.3) is 0 Å². The molecule has 6 heteroatoms. The van der Waals surface area contributed by atoms with Crippen molar-refractivity contribution < 1.29 is 9.53 Å². The highest BCUT2D eigenvalue weighted by molar-refractivity contribution is 5.88. The van der Waals surface area contributed by atoms with Gasteiger partial charge < -0.3 is 15.4 Å². The molecule has 0 radical (unpaired) electrons. The zero-order chi connectivity index (χ0) is 13.2. The summed E-state index contributed by atoms with van der Waals surface area (Å²) in [7, 11) is 1.80. The second-order valence-electron chi connectivity index (χ2n) is 4.10. The molecule has 1 heterocycles. The van der Waals surface area contributed by atoms with E-state index in [9.17, 15) is 4.79 Å². The SMILES string of the molecule is CCCCOCCCNC(=O)Nc1cnn(C)c1. The van der Waals surface area contributed by atoms with Crippen molar-refractivity contribution in [3.63, 3.8) is 0 Å². The number of urea groups is 1. The van der Waals surface area contributed by atoms with Gasteiger partial charge in [-0.25, -0.2) is 4.79 Å². The standard InChI is InChI=1S/C12H22N4O2/c1-3-4-7-18-8-5-6-13-12(17)15-11-9-14-16(2)10-11/h9-10H,3-8H2,1-2H3,(H2,13,15,17). The van der Waals surface area contributed by atoms with Gasteiger partial charge in [-0.3, -0.25) is 4.68 Å². The summed E-state index contributed by atoms with van der Waals surface area (Å²) in [6.07, 6.45) is 6.41. The normalized spacial score (nSPS) is 10.3. The molecule has 1 aromatic rings. The summed E-state index contributed by atoms with van der Waals surface area (Å²) in [4.78, 5) is 11.5. The Morgan fingerprint density at radius 3 is 2.89 bits per heavy atom. The lowest BCUT2D eigenvalue weighted by Crippen LogP contribution is -2.29. The highest BCUT2D eigenvalue weighted by Gasteiger charge is 2.01. The number of aromatic nitrogens is 2. The van der Waals surface area contributed by atoms with Crippen LogP contribution in [0, 0.1) is 0 Å². The summed E-state index contributed by atoms with van der Waals surface area (Å²) < 4.78 is 7.03. The van der Waals surface area contributed by atoms with Crippen molar-refractivity contribution in [3.8, 4) is 0 Å². The molecule has 102 valence electrons. The van der Waals surface area contributed by atoms with Crippen molar-refractivity contribution in [1.82, 2.24) is 15.1 Å². The topological polar surface area (TPSA) is 68.2 Å². The van der Waals surface area contributed by atoms with Gasteiger partial charge in [-0.2, -0.15) is 5.10 Å². The van der Waals surface area contributed by atoms with Crippen molar-refractivity contribution in [2.75, 3.05) is 25.1 Å². The molecule has 1 aromatic heterocycles. The molecule has 0 aromatic carbocycles. The van der Waals surface area contributed by atoms with Gasteiger partial charge in [0.1, 0.15) is 0 Å². The number of nitrogens with one attached hydrogen (secondary N) is 2. The van der Waals surface area contributed by atoms with Gasteiger partial charge in [0, 0.05) is 33.0 Å². The van der Waals surface area contributed by atoms with E-state index in [0.29, 0.717) is 18.8 Å². The van der Waals surface area contributed by atoms with Crippen LogP contribution in [0.1, 0.15) is 26.2 Å². The van der Waals surface area contributed by atoms with Crippen LogP contribution < -0.4 is 10.6 Å². The quantitative estimate of drug-likeness (QED) is 0.694. The number of nitrogens with zero attached hydrogens (tertiary/aromatic N) is 2. The number of aryl methyl sites for hydroxylation is 1. The fraction of sp³-hybridized carbons (Fsp3) is 0.667. The van der Waals surface area contributed by atoms with Crippen LogP contribution in [-0.4, -0.2) is 35.6 Å². The van der Waals surface area contributed by atoms with Crippen LogP contribution in [0.4, 0.5) is 10.5 Å². The zero-order valence-corrected chi connectivity index (χ0v) is 11.1. The van der Waals surface area contributed by atoms with Gasteiger partial charge in [0.05, 0.1) is 11.9 Å². The van der Waals surface area contributed by atoms with Crippen molar-refractivity contribution in [3.05, 3.63) is 12.4 Å². The average molecular weight is 254 g/mol. The van der Waals surface area contributed by atoms with Gasteiger partial charge in [-0.05, 0) is 12.8 Å². The van der Waals surface area contributed by atoms with E-state index >= 15 is 0 Å². The molecule has 0 spiro atoms. The predicted octanol–water partition coefficient (Wildman–Crippen LogP) is 1.75. The van der Waals surface area contributed by atoms with Crippen molar-refractivity contribution in [2.45, 2.75) is 26.2 Å². The van der Waals surface area contributed by atoms with E-state index < -0.39 is 0 Å². The summed E-state index contributed by atoms with van der Waals surface area (Å²) >= 11 is 0. The molecule has 0 saturated carbocycles. The third-order valence-corrected chi connectivity index (χ3v) is 2.36. The Labute approximate surface area is 108 Å². The minimum atomic E-state index is -0.212. The Bertz CT molecular complexity index is 352. The third-order valence-electron chi connectivity index (χ3n) is 2.36. The lowest BCUT2D eigenvalue weighted by Gasteiger charge is -2.06. The van der Waals surface area contributed by atoms with Crippen LogP contribution in [0.2, 0.25) is 0 Å². The number of ether oxygens (including phenoxy) is 1. The van der Waals surface area contributed by atoms with Crippen molar-refractivity contribution in [2.24, 2.45) is 7.05 Å². The number of anilines is 1. The maximum atomic E-state index is 11.5. The summed E-state index contributed by atoms with van der Waals surface area (Å²) in [5.74, 6) is 0. The summed E-state index contributed by atoms with van der Waals surface area (Å²) in [6, 6.07) is -0.212. The Kier molecular flexibility index (Phi) is 6.86. The molecule has 1 rings (SSSR count). The molecule has 0 aliphatic rings. The number of hydrogen-bond acceptors (Lipinski definition) is 3. The number of carbonyl (C=O) groups is 1. The molecule has 0 unspecified atom stereocenters. The molecule has 2 N–H and O–H groups in total. The maximum absolute atomic E-state index is 11.5. The molecule has 2 amide bonds. The third kappa shape index (κ3) is 6.24. The van der Waals surface area contributed by atoms with Crippen molar-refractivity contribution >= 4 is 11.7 Å². The number of carbonyl (C=O) groups excluding carboxylic acids is 1. The molecule has 0 atom stereocenters. The van der Waals surface area contributed by atoms with Gasteiger partial charge >= 0.3 is 6.03 Å². The van der Waals surface area contributed by atoms with E-state index in [1.807, 2.05) is 0 Å². The minimum absolute atomic E-state index is 0.212. The fourth-order valence-electron chi connectivity index (χ4n) is 1.39. The van der Waals surface area contributed by atoms with Crippen LogP contribution in [-0.2, 0) is 11.8 Å². The van der Waals surface area contributed by atoms with Gasteiger partial charge in [-0.15, -0.1) is 0 Å². The predicted molar refractivity (Wildman–Crippen MR) is 70.6 cm³/mol. The molecule has 18 heavy (non-hydrogen) atoms. The highest BCUT2D eigenvalue weighted by atomic mass is 16.5. The van der Waals surface area contributed by atoms with E-state index in [1.54, 1.807) is 24.1 Å². The first-order chi connectivity index (χ1) is 8.72. The average Bonchev–Trinajstić information content (AvgIpc) is 2.73. The van der Waals surface area contributed by atoms with E-state index in [1.165, 1.54) is 0 Å². The van der Waals surface area contributed by atoms with E-state index in [-0.39, 0.29) is 6.03 Å². The molecule has 0 saturated heterocycles.